The highest BCUT2D eigenvalue weighted by atomic mass is 32.1. The van der Waals surface area contributed by atoms with Crippen molar-refractivity contribution < 1.29 is 18.8 Å². The molecule has 0 bridgehead atoms. The number of benzene rings is 1. The van der Waals surface area contributed by atoms with Crippen LogP contribution < -0.4 is 5.32 Å². The quantitative estimate of drug-likeness (QED) is 0.823. The van der Waals surface area contributed by atoms with Crippen molar-refractivity contribution in [3.05, 3.63) is 58.0 Å². The Morgan fingerprint density at radius 3 is 2.48 bits per heavy atom. The summed E-state index contributed by atoms with van der Waals surface area (Å²) in [5.41, 5.74) is -0.272. The third kappa shape index (κ3) is 3.21. The number of nitrogens with one attached hydrogen (secondary N) is 1. The molecule has 0 atom stereocenters. The molecular formula is C19H18FN3O3S. The van der Waals surface area contributed by atoms with Gasteiger partial charge in [0.15, 0.2) is 0 Å². The van der Waals surface area contributed by atoms with Crippen molar-refractivity contribution >= 4 is 29.2 Å². The average molecular weight is 387 g/mol. The van der Waals surface area contributed by atoms with Crippen molar-refractivity contribution in [1.82, 2.24) is 15.1 Å². The van der Waals surface area contributed by atoms with Crippen LogP contribution in [0, 0.1) is 5.82 Å². The molecule has 1 spiro atoms. The Balaban J connectivity index is 1.44. The molecule has 2 fully saturated rings. The summed E-state index contributed by atoms with van der Waals surface area (Å²) in [6, 6.07) is 8.90. The lowest BCUT2D eigenvalue weighted by Crippen LogP contribution is -2.55. The maximum Gasteiger partial charge on any atom is 0.325 e. The molecule has 0 unspecified atom stereocenters. The molecule has 6 nitrogen and oxygen atoms in total. The van der Waals surface area contributed by atoms with Crippen LogP contribution in [0.3, 0.4) is 0 Å². The Kier molecular flexibility index (Phi) is 4.43. The van der Waals surface area contributed by atoms with Crippen LogP contribution in [0.15, 0.2) is 41.8 Å². The van der Waals surface area contributed by atoms with E-state index in [4.69, 9.17) is 0 Å². The monoisotopic (exact) mass is 387 g/mol. The van der Waals surface area contributed by atoms with E-state index in [0.29, 0.717) is 36.4 Å². The molecule has 0 radical (unpaired) electrons. The largest absolute Gasteiger partial charge is 0.338 e. The number of carbonyl (C=O) groups is 3. The van der Waals surface area contributed by atoms with Crippen molar-refractivity contribution in [3.63, 3.8) is 0 Å². The van der Waals surface area contributed by atoms with Crippen molar-refractivity contribution in [2.75, 3.05) is 13.1 Å². The Morgan fingerprint density at radius 1 is 1.15 bits per heavy atom. The number of imide groups is 1. The van der Waals surface area contributed by atoms with Gasteiger partial charge in [0.05, 0.1) is 11.4 Å². The molecular weight excluding hydrogens is 369 g/mol. The van der Waals surface area contributed by atoms with Gasteiger partial charge in [-0.25, -0.2) is 9.18 Å². The van der Waals surface area contributed by atoms with Gasteiger partial charge in [-0.05, 0) is 42.0 Å². The van der Waals surface area contributed by atoms with E-state index in [0.717, 1.165) is 0 Å². The summed E-state index contributed by atoms with van der Waals surface area (Å²) in [7, 11) is 0. The number of likely N-dealkylation sites (tertiary alicyclic amines) is 1. The summed E-state index contributed by atoms with van der Waals surface area (Å²) in [6.45, 7) is 0.921. The van der Waals surface area contributed by atoms with Crippen LogP contribution in [0.25, 0.3) is 0 Å². The van der Waals surface area contributed by atoms with Gasteiger partial charge in [0, 0.05) is 13.1 Å². The minimum absolute atomic E-state index is 0.0419. The number of rotatable bonds is 3. The van der Waals surface area contributed by atoms with E-state index in [1.807, 2.05) is 11.4 Å². The smallest absolute Gasteiger partial charge is 0.325 e. The molecule has 3 heterocycles. The first-order chi connectivity index (χ1) is 13.0. The van der Waals surface area contributed by atoms with Gasteiger partial charge in [0.1, 0.15) is 11.4 Å². The SMILES string of the molecule is O=C(c1cccs1)N1CCC2(CC1)NC(=O)N(Cc1ccc(F)cc1)C2=O. The predicted octanol–water partition coefficient (Wildman–Crippen LogP) is 2.61. The number of amides is 4. The van der Waals surface area contributed by atoms with Gasteiger partial charge in [0.2, 0.25) is 0 Å². The van der Waals surface area contributed by atoms with Crippen LogP contribution in [0.2, 0.25) is 0 Å². The van der Waals surface area contributed by atoms with Gasteiger partial charge in [-0.1, -0.05) is 18.2 Å². The number of carbonyl (C=O) groups excluding carboxylic acids is 3. The van der Waals surface area contributed by atoms with E-state index in [9.17, 15) is 18.8 Å². The summed E-state index contributed by atoms with van der Waals surface area (Å²) in [6.07, 6.45) is 0.767. The second kappa shape index (κ2) is 6.77. The van der Waals surface area contributed by atoms with E-state index in [1.165, 1.54) is 28.4 Å². The van der Waals surface area contributed by atoms with E-state index < -0.39 is 11.6 Å². The van der Waals surface area contributed by atoms with Crippen molar-refractivity contribution in [1.29, 1.82) is 0 Å². The Morgan fingerprint density at radius 2 is 1.85 bits per heavy atom. The van der Waals surface area contributed by atoms with Gasteiger partial charge < -0.3 is 10.2 Å². The van der Waals surface area contributed by atoms with Crippen LogP contribution in [0.4, 0.5) is 9.18 Å². The first kappa shape index (κ1) is 17.7. The highest BCUT2D eigenvalue weighted by Crippen LogP contribution is 2.31. The molecule has 4 amide bonds. The number of nitrogens with zero attached hydrogens (tertiary/aromatic N) is 2. The highest BCUT2D eigenvalue weighted by Gasteiger charge is 2.52. The molecule has 1 aromatic carbocycles. The third-order valence-electron chi connectivity index (χ3n) is 5.14. The first-order valence-electron chi connectivity index (χ1n) is 8.70. The van der Waals surface area contributed by atoms with Crippen LogP contribution in [0.1, 0.15) is 28.1 Å². The molecule has 4 rings (SSSR count). The Hall–Kier alpha value is -2.74. The zero-order valence-corrected chi connectivity index (χ0v) is 15.3. The Labute approximate surface area is 159 Å². The summed E-state index contributed by atoms with van der Waals surface area (Å²) in [5.74, 6) is -0.685. The lowest BCUT2D eigenvalue weighted by atomic mass is 9.87. The standard InChI is InChI=1S/C19H18FN3O3S/c20-14-5-3-13(4-6-14)12-23-17(25)19(21-18(23)26)7-9-22(10-8-19)16(24)15-2-1-11-27-15/h1-6,11H,7-10,12H2,(H,21,26). The van der Waals surface area contributed by atoms with Gasteiger partial charge >= 0.3 is 6.03 Å². The molecule has 140 valence electrons. The normalized spacial score (nSPS) is 18.9. The van der Waals surface area contributed by atoms with Crippen LogP contribution in [-0.4, -0.2) is 46.3 Å². The van der Waals surface area contributed by atoms with Gasteiger partial charge in [-0.3, -0.25) is 14.5 Å². The number of halogens is 1. The molecule has 2 aliphatic rings. The minimum Gasteiger partial charge on any atom is -0.338 e. The van der Waals surface area contributed by atoms with E-state index >= 15 is 0 Å². The van der Waals surface area contributed by atoms with E-state index in [-0.39, 0.29) is 24.2 Å². The van der Waals surface area contributed by atoms with E-state index in [1.54, 1.807) is 23.1 Å². The fraction of sp³-hybridized carbons (Fsp3) is 0.316. The van der Waals surface area contributed by atoms with Gasteiger partial charge in [-0.15, -0.1) is 11.3 Å². The zero-order valence-electron chi connectivity index (χ0n) is 14.5. The van der Waals surface area contributed by atoms with Crippen molar-refractivity contribution in [2.24, 2.45) is 0 Å². The summed E-state index contributed by atoms with van der Waals surface area (Å²) in [4.78, 5) is 41.3. The molecule has 2 aliphatic heterocycles. The van der Waals surface area contributed by atoms with Crippen LogP contribution in [-0.2, 0) is 11.3 Å². The number of hydrogen-bond donors (Lipinski definition) is 1. The molecule has 27 heavy (non-hydrogen) atoms. The summed E-state index contributed by atoms with van der Waals surface area (Å²) >= 11 is 1.39. The number of hydrogen-bond acceptors (Lipinski definition) is 4. The van der Waals surface area contributed by atoms with E-state index in [2.05, 4.69) is 5.32 Å². The lowest BCUT2D eigenvalue weighted by molar-refractivity contribution is -0.133. The topological polar surface area (TPSA) is 69.7 Å². The van der Waals surface area contributed by atoms with Crippen LogP contribution >= 0.6 is 11.3 Å². The number of urea groups is 1. The number of thiophene rings is 1. The molecule has 0 aliphatic carbocycles. The lowest BCUT2D eigenvalue weighted by Gasteiger charge is -2.37. The minimum atomic E-state index is -0.955. The third-order valence-corrected chi connectivity index (χ3v) is 5.99. The molecule has 8 heteroatoms. The van der Waals surface area contributed by atoms with Gasteiger partial charge in [-0.2, -0.15) is 0 Å². The fourth-order valence-electron chi connectivity index (χ4n) is 3.58. The first-order valence-corrected chi connectivity index (χ1v) is 9.58. The molecule has 2 saturated heterocycles. The Bertz CT molecular complexity index is 874. The maximum atomic E-state index is 13.1. The zero-order chi connectivity index (χ0) is 19.0. The predicted molar refractivity (Wildman–Crippen MR) is 97.7 cm³/mol. The second-order valence-electron chi connectivity index (χ2n) is 6.80. The molecule has 0 saturated carbocycles. The summed E-state index contributed by atoms with van der Waals surface area (Å²) < 4.78 is 13.1. The average Bonchev–Trinajstić information content (AvgIpc) is 3.28. The number of piperidine rings is 1. The maximum absolute atomic E-state index is 13.1. The van der Waals surface area contributed by atoms with Gasteiger partial charge in [0.25, 0.3) is 11.8 Å². The molecule has 1 aromatic heterocycles. The van der Waals surface area contributed by atoms with Crippen molar-refractivity contribution in [3.8, 4) is 0 Å². The summed E-state index contributed by atoms with van der Waals surface area (Å²) in [5, 5.41) is 4.68. The van der Waals surface area contributed by atoms with Crippen molar-refractivity contribution in [2.45, 2.75) is 24.9 Å². The fourth-order valence-corrected chi connectivity index (χ4v) is 4.27. The second-order valence-corrected chi connectivity index (χ2v) is 7.75. The molecule has 2 aromatic rings. The molecule has 1 N–H and O–H groups in total. The van der Waals surface area contributed by atoms with Crippen LogP contribution in [0.5, 0.6) is 0 Å². The highest BCUT2D eigenvalue weighted by molar-refractivity contribution is 7.12.